The van der Waals surface area contributed by atoms with Gasteiger partial charge in [-0.2, -0.15) is 5.26 Å². The van der Waals surface area contributed by atoms with Gasteiger partial charge in [0.05, 0.1) is 11.3 Å². The van der Waals surface area contributed by atoms with Crippen molar-refractivity contribution in [1.29, 1.82) is 5.26 Å². The molecule has 1 aliphatic rings. The van der Waals surface area contributed by atoms with Gasteiger partial charge >= 0.3 is 6.09 Å². The van der Waals surface area contributed by atoms with E-state index in [-0.39, 0.29) is 12.4 Å². The number of amides is 1. The standard InChI is InChI=1S/C20H17FN6O2/c21-15-3-1-9-23-18(15)20(7-2-8-20)13-27(19(28)29)17-5-4-16(24-25-17)26-10-6-14(11-22)12-26/h1,3-6,9-10,12H,2,7-8,13H2,(H,28,29). The summed E-state index contributed by atoms with van der Waals surface area (Å²) in [4.78, 5) is 17.2. The SMILES string of the molecule is N#Cc1ccn(-c2ccc(N(CC3(c4ncccc4F)CCC3)C(=O)O)nn2)c1. The van der Waals surface area contributed by atoms with Crippen LogP contribution in [0.25, 0.3) is 5.82 Å². The molecule has 0 atom stereocenters. The molecule has 146 valence electrons. The fraction of sp³-hybridized carbons (Fsp3) is 0.250. The highest BCUT2D eigenvalue weighted by molar-refractivity contribution is 5.84. The van der Waals surface area contributed by atoms with E-state index in [1.807, 2.05) is 6.07 Å². The van der Waals surface area contributed by atoms with Crippen molar-refractivity contribution in [1.82, 2.24) is 19.7 Å². The average Bonchev–Trinajstić information content (AvgIpc) is 3.18. The zero-order valence-corrected chi connectivity index (χ0v) is 15.4. The van der Waals surface area contributed by atoms with Gasteiger partial charge in [0, 0.05) is 30.6 Å². The predicted molar refractivity (Wildman–Crippen MR) is 101 cm³/mol. The summed E-state index contributed by atoms with van der Waals surface area (Å²) in [6, 6.07) is 9.69. The van der Waals surface area contributed by atoms with Gasteiger partial charge in [-0.05, 0) is 43.2 Å². The highest BCUT2D eigenvalue weighted by atomic mass is 19.1. The first-order valence-electron chi connectivity index (χ1n) is 9.06. The lowest BCUT2D eigenvalue weighted by Gasteiger charge is -2.43. The molecule has 3 heterocycles. The van der Waals surface area contributed by atoms with Crippen LogP contribution in [0.4, 0.5) is 15.0 Å². The highest BCUT2D eigenvalue weighted by Crippen LogP contribution is 2.44. The molecule has 0 spiro atoms. The van der Waals surface area contributed by atoms with Crippen LogP contribution in [0.3, 0.4) is 0 Å². The van der Waals surface area contributed by atoms with Crippen LogP contribution in [-0.4, -0.2) is 37.5 Å². The van der Waals surface area contributed by atoms with Gasteiger partial charge in [0.1, 0.15) is 11.9 Å². The normalized spacial score (nSPS) is 14.6. The zero-order chi connectivity index (χ0) is 20.4. The van der Waals surface area contributed by atoms with Gasteiger partial charge in [0.15, 0.2) is 11.6 Å². The van der Waals surface area contributed by atoms with Crippen LogP contribution in [-0.2, 0) is 5.41 Å². The van der Waals surface area contributed by atoms with Crippen molar-refractivity contribution in [3.05, 3.63) is 66.0 Å². The molecule has 0 unspecified atom stereocenters. The average molecular weight is 392 g/mol. The number of halogens is 1. The number of hydrogen-bond acceptors (Lipinski definition) is 5. The number of aromatic nitrogens is 4. The molecular weight excluding hydrogens is 375 g/mol. The van der Waals surface area contributed by atoms with Crippen molar-refractivity contribution in [3.8, 4) is 11.9 Å². The molecule has 29 heavy (non-hydrogen) atoms. The summed E-state index contributed by atoms with van der Waals surface area (Å²) in [5.74, 6) is 0.172. The minimum absolute atomic E-state index is 0.0480. The van der Waals surface area contributed by atoms with Gasteiger partial charge in [-0.25, -0.2) is 9.18 Å². The second kappa shape index (κ2) is 7.31. The van der Waals surface area contributed by atoms with Crippen LogP contribution in [0.1, 0.15) is 30.5 Å². The number of carboxylic acid groups (broad SMARTS) is 1. The number of rotatable bonds is 5. The molecule has 0 saturated heterocycles. The first-order chi connectivity index (χ1) is 14.0. The molecule has 1 N–H and O–H groups in total. The summed E-state index contributed by atoms with van der Waals surface area (Å²) in [6.45, 7) is 0.0480. The third kappa shape index (κ3) is 3.40. The third-order valence-corrected chi connectivity index (χ3v) is 5.26. The van der Waals surface area contributed by atoms with Crippen molar-refractivity contribution in [2.24, 2.45) is 0 Å². The van der Waals surface area contributed by atoms with Crippen molar-refractivity contribution in [2.45, 2.75) is 24.7 Å². The molecule has 1 saturated carbocycles. The number of pyridine rings is 1. The Morgan fingerprint density at radius 3 is 2.69 bits per heavy atom. The maximum absolute atomic E-state index is 14.3. The molecule has 0 aliphatic heterocycles. The summed E-state index contributed by atoms with van der Waals surface area (Å²) >= 11 is 0. The van der Waals surface area contributed by atoms with Gasteiger partial charge in [-0.1, -0.05) is 6.42 Å². The van der Waals surface area contributed by atoms with Crippen LogP contribution < -0.4 is 4.90 Å². The second-order valence-electron chi connectivity index (χ2n) is 7.01. The lowest BCUT2D eigenvalue weighted by atomic mass is 9.66. The maximum atomic E-state index is 14.3. The topological polar surface area (TPSA) is 108 Å². The number of carbonyl (C=O) groups is 1. The molecule has 8 nitrogen and oxygen atoms in total. The van der Waals surface area contributed by atoms with E-state index in [1.54, 1.807) is 35.2 Å². The number of anilines is 1. The second-order valence-corrected chi connectivity index (χ2v) is 7.01. The van der Waals surface area contributed by atoms with E-state index in [4.69, 9.17) is 5.26 Å². The minimum atomic E-state index is -1.19. The molecule has 1 fully saturated rings. The first kappa shape index (κ1) is 18.6. The summed E-state index contributed by atoms with van der Waals surface area (Å²) in [5, 5.41) is 26.8. The molecule has 3 aromatic rings. The van der Waals surface area contributed by atoms with E-state index < -0.39 is 17.3 Å². The van der Waals surface area contributed by atoms with E-state index in [1.165, 1.54) is 18.3 Å². The monoisotopic (exact) mass is 392 g/mol. The molecule has 4 rings (SSSR count). The Balaban J connectivity index is 1.62. The summed E-state index contributed by atoms with van der Waals surface area (Å²) < 4.78 is 16.0. The molecule has 3 aromatic heterocycles. The van der Waals surface area contributed by atoms with Gasteiger partial charge < -0.3 is 9.67 Å². The highest BCUT2D eigenvalue weighted by Gasteiger charge is 2.44. The van der Waals surface area contributed by atoms with Crippen molar-refractivity contribution in [3.63, 3.8) is 0 Å². The van der Waals surface area contributed by atoms with Crippen molar-refractivity contribution < 1.29 is 14.3 Å². The molecule has 1 aliphatic carbocycles. The fourth-order valence-electron chi connectivity index (χ4n) is 3.60. The van der Waals surface area contributed by atoms with Gasteiger partial charge in [0.2, 0.25) is 0 Å². The van der Waals surface area contributed by atoms with E-state index >= 15 is 0 Å². The van der Waals surface area contributed by atoms with Gasteiger partial charge in [-0.3, -0.25) is 9.88 Å². The Morgan fingerprint density at radius 1 is 1.31 bits per heavy atom. The molecule has 0 aromatic carbocycles. The van der Waals surface area contributed by atoms with E-state index in [0.717, 1.165) is 11.3 Å². The predicted octanol–water partition coefficient (Wildman–Crippen LogP) is 3.28. The van der Waals surface area contributed by atoms with Crippen LogP contribution in [0.2, 0.25) is 0 Å². The minimum Gasteiger partial charge on any atom is -0.465 e. The number of nitrogens with zero attached hydrogens (tertiary/aromatic N) is 6. The Morgan fingerprint density at radius 2 is 2.14 bits per heavy atom. The maximum Gasteiger partial charge on any atom is 0.413 e. The molecule has 9 heteroatoms. The molecular formula is C20H17FN6O2. The zero-order valence-electron chi connectivity index (χ0n) is 15.4. The third-order valence-electron chi connectivity index (χ3n) is 5.26. The lowest BCUT2D eigenvalue weighted by molar-refractivity contribution is 0.187. The Labute approximate surface area is 165 Å². The largest absolute Gasteiger partial charge is 0.465 e. The van der Waals surface area contributed by atoms with Crippen molar-refractivity contribution >= 4 is 11.9 Å². The van der Waals surface area contributed by atoms with Crippen LogP contribution in [0.5, 0.6) is 0 Å². The molecule has 0 radical (unpaired) electrons. The summed E-state index contributed by atoms with van der Waals surface area (Å²) in [5.41, 5.74) is 0.0949. The Hall–Kier alpha value is -3.80. The van der Waals surface area contributed by atoms with Crippen molar-refractivity contribution in [2.75, 3.05) is 11.4 Å². The van der Waals surface area contributed by atoms with Gasteiger partial charge in [0.25, 0.3) is 0 Å². The fourth-order valence-corrected chi connectivity index (χ4v) is 3.60. The van der Waals surface area contributed by atoms with Gasteiger partial charge in [-0.15, -0.1) is 10.2 Å². The molecule has 0 bridgehead atoms. The summed E-state index contributed by atoms with van der Waals surface area (Å²) in [7, 11) is 0. The summed E-state index contributed by atoms with van der Waals surface area (Å²) in [6.07, 6.45) is 5.78. The number of nitriles is 1. The Bertz CT molecular complexity index is 1080. The van der Waals surface area contributed by atoms with Crippen LogP contribution in [0.15, 0.2) is 48.9 Å². The van der Waals surface area contributed by atoms with E-state index in [2.05, 4.69) is 15.2 Å². The van der Waals surface area contributed by atoms with Crippen LogP contribution in [0, 0.1) is 17.1 Å². The van der Waals surface area contributed by atoms with E-state index in [0.29, 0.717) is 29.9 Å². The smallest absolute Gasteiger partial charge is 0.413 e. The number of hydrogen-bond donors (Lipinski definition) is 1. The first-order valence-corrected chi connectivity index (χ1v) is 9.06. The molecule has 1 amide bonds. The lowest BCUT2D eigenvalue weighted by Crippen LogP contribution is -2.49. The quantitative estimate of drug-likeness (QED) is 0.714. The Kier molecular flexibility index (Phi) is 4.68. The van der Waals surface area contributed by atoms with E-state index in [9.17, 15) is 14.3 Å². The van der Waals surface area contributed by atoms with Crippen LogP contribution >= 0.6 is 0 Å².